The van der Waals surface area contributed by atoms with Crippen LogP contribution in [0.2, 0.25) is 0 Å². The molecule has 36 valence electrons. The maximum atomic E-state index is 3.81. The molecule has 1 aromatic heterocycles. The van der Waals surface area contributed by atoms with Crippen molar-refractivity contribution in [3.8, 4) is 0 Å². The summed E-state index contributed by atoms with van der Waals surface area (Å²) in [6.07, 6.45) is 0. The Morgan fingerprint density at radius 1 is 1.71 bits per heavy atom. The minimum Gasteiger partial charge on any atom is -0.226 e. The summed E-state index contributed by atoms with van der Waals surface area (Å²) in [5.74, 6) is 0.711. The summed E-state index contributed by atoms with van der Waals surface area (Å²) >= 11 is 0. The van der Waals surface area contributed by atoms with Gasteiger partial charge >= 0.3 is 0 Å². The third-order valence-corrected chi connectivity index (χ3v) is 0.608. The van der Waals surface area contributed by atoms with E-state index in [0.29, 0.717) is 5.82 Å². The molecule has 1 heterocycles. The summed E-state index contributed by atoms with van der Waals surface area (Å²) in [5.41, 5.74) is 0. The Balaban J connectivity index is 3.04. The van der Waals surface area contributed by atoms with E-state index >= 15 is 0 Å². The van der Waals surface area contributed by atoms with Crippen LogP contribution >= 0.6 is 0 Å². The van der Waals surface area contributed by atoms with Gasteiger partial charge in [-0.25, -0.2) is 4.71 Å². The number of tetrazole rings is 1. The van der Waals surface area contributed by atoms with Crippen molar-refractivity contribution in [2.75, 3.05) is 0 Å². The van der Waals surface area contributed by atoms with E-state index in [1.54, 1.807) is 14.9 Å². The molecule has 0 saturated carbocycles. The Bertz CT molecular complexity index is 142. The maximum absolute atomic E-state index is 3.81. The molecule has 0 N–H and O–H groups in total. The van der Waals surface area contributed by atoms with Gasteiger partial charge < -0.3 is 0 Å². The Labute approximate surface area is 42.0 Å². The molecular formula is C2H5BN4. The number of nitrogens with zero attached hydrogens (tertiary/aromatic N) is 4. The van der Waals surface area contributed by atoms with Gasteiger partial charge in [-0.2, -0.15) is 5.10 Å². The third kappa shape index (κ3) is 0.763. The molecule has 0 aromatic carbocycles. The highest BCUT2D eigenvalue weighted by Gasteiger charge is 1.85. The quantitative estimate of drug-likeness (QED) is 0.364. The summed E-state index contributed by atoms with van der Waals surface area (Å²) in [6, 6.07) is 0. The summed E-state index contributed by atoms with van der Waals surface area (Å²) in [4.78, 5) is 0. The standard InChI is InChI=1S/C2H5BN4/c1-2-4-6-7(3)5-2/h3H2,1H3. The van der Waals surface area contributed by atoms with Crippen LogP contribution in [0.4, 0.5) is 0 Å². The van der Waals surface area contributed by atoms with Gasteiger partial charge in [-0.05, 0) is 6.92 Å². The second kappa shape index (κ2) is 1.33. The van der Waals surface area contributed by atoms with Crippen molar-refractivity contribution in [2.45, 2.75) is 6.92 Å². The molecule has 7 heavy (non-hydrogen) atoms. The number of hydrogen-bond donors (Lipinski definition) is 0. The first kappa shape index (κ1) is 4.30. The van der Waals surface area contributed by atoms with Gasteiger partial charge in [0.15, 0.2) is 5.82 Å². The van der Waals surface area contributed by atoms with Crippen LogP contribution in [0.25, 0.3) is 0 Å². The molecule has 0 atom stereocenters. The summed E-state index contributed by atoms with van der Waals surface area (Å²) in [7, 11) is 1.74. The van der Waals surface area contributed by atoms with Gasteiger partial charge in [0.2, 0.25) is 0 Å². The van der Waals surface area contributed by atoms with Gasteiger partial charge in [0, 0.05) is 0 Å². The fraction of sp³-hybridized carbons (Fsp3) is 0.500. The van der Waals surface area contributed by atoms with Gasteiger partial charge in [-0.3, -0.25) is 0 Å². The van der Waals surface area contributed by atoms with Crippen LogP contribution in [-0.2, 0) is 0 Å². The molecule has 0 radical (unpaired) electrons. The van der Waals surface area contributed by atoms with Crippen molar-refractivity contribution in [2.24, 2.45) is 0 Å². The second-order valence-electron chi connectivity index (χ2n) is 1.33. The average molecular weight is 95.9 g/mol. The smallest absolute Gasteiger partial charge is 0.226 e. The summed E-state index contributed by atoms with van der Waals surface area (Å²) < 4.78 is 1.43. The Kier molecular flexibility index (Phi) is 0.815. The zero-order valence-corrected chi connectivity index (χ0v) is 4.29. The van der Waals surface area contributed by atoms with E-state index in [2.05, 4.69) is 15.4 Å². The third-order valence-electron chi connectivity index (χ3n) is 0.608. The summed E-state index contributed by atoms with van der Waals surface area (Å²) in [5, 5.41) is 11.0. The van der Waals surface area contributed by atoms with Crippen molar-refractivity contribution in [3.63, 3.8) is 0 Å². The SMILES string of the molecule is Bn1nnc(C)n1. The van der Waals surface area contributed by atoms with E-state index in [1.165, 1.54) is 4.71 Å². The molecule has 0 unspecified atom stereocenters. The fourth-order valence-electron chi connectivity index (χ4n) is 0.379. The van der Waals surface area contributed by atoms with Crippen LogP contribution in [0.5, 0.6) is 0 Å². The molecule has 0 aliphatic heterocycles. The average Bonchev–Trinajstić information content (AvgIpc) is 1.87. The normalized spacial score (nSPS) is 9.29. The Morgan fingerprint density at radius 2 is 2.43 bits per heavy atom. The van der Waals surface area contributed by atoms with Crippen LogP contribution in [-0.4, -0.2) is 28.1 Å². The van der Waals surface area contributed by atoms with E-state index in [1.807, 2.05) is 0 Å². The zero-order chi connectivity index (χ0) is 5.28. The van der Waals surface area contributed by atoms with Crippen LogP contribution in [0.1, 0.15) is 5.82 Å². The lowest BCUT2D eigenvalue weighted by Crippen LogP contribution is -1.95. The first-order valence-electron chi connectivity index (χ1n) is 1.99. The van der Waals surface area contributed by atoms with Gasteiger partial charge in [-0.1, -0.05) is 5.21 Å². The first-order chi connectivity index (χ1) is 3.29. The maximum Gasteiger partial charge on any atom is 0.278 e. The van der Waals surface area contributed by atoms with E-state index in [0.717, 1.165) is 0 Å². The molecule has 4 nitrogen and oxygen atoms in total. The Hall–Kier alpha value is -0.865. The fourth-order valence-corrected chi connectivity index (χ4v) is 0.379. The second-order valence-corrected chi connectivity index (χ2v) is 1.33. The van der Waals surface area contributed by atoms with Gasteiger partial charge in [-0.15, -0.1) is 5.10 Å². The van der Waals surface area contributed by atoms with E-state index in [4.69, 9.17) is 0 Å². The number of hydrogen-bond acceptors (Lipinski definition) is 3. The van der Waals surface area contributed by atoms with Crippen molar-refractivity contribution < 1.29 is 0 Å². The predicted octanol–water partition coefficient (Wildman–Crippen LogP) is -1.62. The highest BCUT2D eigenvalue weighted by molar-refractivity contribution is 6.04. The van der Waals surface area contributed by atoms with E-state index < -0.39 is 0 Å². The molecule has 1 aromatic rings. The van der Waals surface area contributed by atoms with Crippen molar-refractivity contribution >= 4 is 7.98 Å². The zero-order valence-electron chi connectivity index (χ0n) is 4.29. The lowest BCUT2D eigenvalue weighted by atomic mass is 10.5. The van der Waals surface area contributed by atoms with Crippen LogP contribution in [0, 0.1) is 6.92 Å². The predicted molar refractivity (Wildman–Crippen MR) is 26.5 cm³/mol. The van der Waals surface area contributed by atoms with E-state index in [-0.39, 0.29) is 0 Å². The molecule has 0 aliphatic carbocycles. The van der Waals surface area contributed by atoms with Crippen LogP contribution in [0.3, 0.4) is 0 Å². The minimum atomic E-state index is 0.711. The lowest BCUT2D eigenvalue weighted by Gasteiger charge is -1.74. The topological polar surface area (TPSA) is 43.6 Å². The van der Waals surface area contributed by atoms with Crippen LogP contribution in [0.15, 0.2) is 0 Å². The Morgan fingerprint density at radius 3 is 2.57 bits per heavy atom. The molecule has 0 amide bonds. The minimum absolute atomic E-state index is 0.711. The highest BCUT2D eigenvalue weighted by Crippen LogP contribution is 1.73. The first-order valence-corrected chi connectivity index (χ1v) is 1.99. The number of aryl methyl sites for hydroxylation is 1. The van der Waals surface area contributed by atoms with Gasteiger partial charge in [0.25, 0.3) is 7.98 Å². The molecule has 0 aliphatic rings. The van der Waals surface area contributed by atoms with Crippen molar-refractivity contribution in [1.82, 2.24) is 20.1 Å². The molecule has 0 bridgehead atoms. The van der Waals surface area contributed by atoms with Gasteiger partial charge in [0.05, 0.1) is 0 Å². The lowest BCUT2D eigenvalue weighted by molar-refractivity contribution is 0.801. The largest absolute Gasteiger partial charge is 0.278 e. The highest BCUT2D eigenvalue weighted by atomic mass is 15.5. The molecule has 0 saturated heterocycles. The number of aromatic nitrogens is 4. The van der Waals surface area contributed by atoms with Crippen molar-refractivity contribution in [1.29, 1.82) is 0 Å². The van der Waals surface area contributed by atoms with Crippen molar-refractivity contribution in [3.05, 3.63) is 5.82 Å². The number of rotatable bonds is 0. The van der Waals surface area contributed by atoms with Crippen LogP contribution < -0.4 is 0 Å². The molecule has 0 spiro atoms. The van der Waals surface area contributed by atoms with Gasteiger partial charge in [0.1, 0.15) is 0 Å². The molecule has 0 fully saturated rings. The molecule has 1 rings (SSSR count). The summed E-state index contributed by atoms with van der Waals surface area (Å²) in [6.45, 7) is 1.80. The monoisotopic (exact) mass is 96.1 g/mol. The molecule has 5 heteroatoms. The van der Waals surface area contributed by atoms with E-state index in [9.17, 15) is 0 Å². The molecular weight excluding hydrogens is 90.9 g/mol.